The average Bonchev–Trinajstić information content (AvgIpc) is 3.95. The fraction of sp³-hybridized carbons (Fsp3) is 0.240. The molecule has 4 heterocycles. The number of morpholine rings is 1. The van der Waals surface area contributed by atoms with E-state index in [4.69, 9.17) is 14.5 Å². The molecule has 10 nitrogen and oxygen atoms in total. The number of hydrogen-bond acceptors (Lipinski definition) is 9. The number of anilines is 2. The van der Waals surface area contributed by atoms with E-state index in [0.29, 0.717) is 33.3 Å². The van der Waals surface area contributed by atoms with Gasteiger partial charge in [-0.2, -0.15) is 0 Å². The molecule has 61 heavy (non-hydrogen) atoms. The highest BCUT2D eigenvalue weighted by molar-refractivity contribution is 7.22. The minimum Gasteiger partial charge on any atom is -0.491 e. The minimum absolute atomic E-state index is 0.0512. The quantitative estimate of drug-likeness (QED) is 0.103. The first kappa shape index (κ1) is 38.6. The Bertz CT molecular complexity index is 2730. The summed E-state index contributed by atoms with van der Waals surface area (Å²) in [6.45, 7) is -0.146. The summed E-state index contributed by atoms with van der Waals surface area (Å²) in [5.74, 6) is 4.29. The molecule has 1 spiro atoms. The lowest BCUT2D eigenvalue weighted by molar-refractivity contribution is -0.177. The van der Waals surface area contributed by atoms with Gasteiger partial charge in [-0.3, -0.25) is 19.3 Å². The van der Waals surface area contributed by atoms with Gasteiger partial charge in [0.25, 0.3) is 0 Å². The van der Waals surface area contributed by atoms with E-state index in [1.165, 1.54) is 11.3 Å². The Morgan fingerprint density at radius 1 is 0.885 bits per heavy atom. The summed E-state index contributed by atoms with van der Waals surface area (Å²) in [7, 11) is 0. The summed E-state index contributed by atoms with van der Waals surface area (Å²) in [4.78, 5) is 53.1. The largest absolute Gasteiger partial charge is 0.491 e. The van der Waals surface area contributed by atoms with E-state index in [0.717, 1.165) is 52.6 Å². The van der Waals surface area contributed by atoms with Crippen LogP contribution in [0.3, 0.4) is 0 Å². The molecule has 0 saturated carbocycles. The molecule has 2 amide bonds. The van der Waals surface area contributed by atoms with Gasteiger partial charge in [0.2, 0.25) is 11.8 Å². The Hall–Kier alpha value is -6.58. The van der Waals surface area contributed by atoms with E-state index in [2.05, 4.69) is 28.6 Å². The molecule has 304 valence electrons. The number of aromatic nitrogens is 1. The van der Waals surface area contributed by atoms with Crippen molar-refractivity contribution in [3.05, 3.63) is 167 Å². The molecule has 1 aromatic heterocycles. The number of carbonyl (C=O) groups is 3. The number of ether oxygens (including phenoxy) is 2. The van der Waals surface area contributed by atoms with Crippen molar-refractivity contribution in [3.63, 3.8) is 0 Å². The molecule has 3 N–H and O–H groups in total. The fourth-order valence-corrected chi connectivity index (χ4v) is 10.7. The molecule has 2 saturated heterocycles. The maximum Gasteiger partial charge on any atom is 0.324 e. The van der Waals surface area contributed by atoms with Crippen LogP contribution in [0.25, 0.3) is 10.2 Å². The molecule has 10 rings (SSSR count). The van der Waals surface area contributed by atoms with Crippen molar-refractivity contribution in [2.24, 2.45) is 5.92 Å². The number of fused-ring (bicyclic) bond motifs is 4. The molecule has 6 atom stereocenters. The Kier molecular flexibility index (Phi) is 10.2. The van der Waals surface area contributed by atoms with E-state index in [-0.39, 0.29) is 13.2 Å². The van der Waals surface area contributed by atoms with E-state index in [9.17, 15) is 5.11 Å². The highest BCUT2D eigenvalue weighted by Crippen LogP contribution is 2.65. The molecule has 5 aromatic carbocycles. The van der Waals surface area contributed by atoms with Crippen molar-refractivity contribution in [1.29, 1.82) is 0 Å². The smallest absolute Gasteiger partial charge is 0.324 e. The topological polar surface area (TPSA) is 130 Å². The molecular formula is C50H42N4O6S. The van der Waals surface area contributed by atoms with Crippen LogP contribution >= 0.6 is 11.3 Å². The van der Waals surface area contributed by atoms with E-state index >= 15 is 14.4 Å². The minimum atomic E-state index is -1.71. The number of hydrogen-bond donors (Lipinski definition) is 3. The number of carbonyl (C=O) groups excluding carboxylic acids is 3. The van der Waals surface area contributed by atoms with E-state index in [1.807, 2.05) is 126 Å². The molecule has 4 aliphatic rings. The Morgan fingerprint density at radius 2 is 1.66 bits per heavy atom. The van der Waals surface area contributed by atoms with Gasteiger partial charge in [-0.05, 0) is 96.0 Å². The van der Waals surface area contributed by atoms with Crippen molar-refractivity contribution in [2.75, 3.05) is 23.8 Å². The normalized spacial score (nSPS) is 24.2. The zero-order chi connectivity index (χ0) is 41.5. The number of aliphatic hydroxyl groups is 1. The first-order valence-corrected chi connectivity index (χ1v) is 21.5. The number of para-hydroxylation sites is 1. The van der Waals surface area contributed by atoms with Crippen LogP contribution in [0.1, 0.15) is 71.7 Å². The number of rotatable bonds is 8. The van der Waals surface area contributed by atoms with Crippen LogP contribution in [0.15, 0.2) is 139 Å². The highest BCUT2D eigenvalue weighted by atomic mass is 32.1. The number of nitrogens with one attached hydrogen (secondary N) is 2. The number of amides is 2. The number of thiazole rings is 1. The maximum atomic E-state index is 15.6. The first-order valence-electron chi connectivity index (χ1n) is 20.7. The predicted octanol–water partition coefficient (Wildman–Crippen LogP) is 8.43. The monoisotopic (exact) mass is 826 g/mol. The van der Waals surface area contributed by atoms with Gasteiger partial charge >= 0.3 is 5.97 Å². The van der Waals surface area contributed by atoms with Crippen molar-refractivity contribution >= 4 is 50.2 Å². The number of allylic oxidation sites excluding steroid dienone is 2. The van der Waals surface area contributed by atoms with Crippen molar-refractivity contribution in [3.8, 4) is 17.6 Å². The summed E-state index contributed by atoms with van der Waals surface area (Å²) in [5.41, 5.74) is 4.11. The van der Waals surface area contributed by atoms with Gasteiger partial charge in [-0.25, -0.2) is 4.98 Å². The van der Waals surface area contributed by atoms with Gasteiger partial charge in [-0.15, -0.1) is 0 Å². The van der Waals surface area contributed by atoms with Crippen LogP contribution in [0.2, 0.25) is 0 Å². The lowest BCUT2D eigenvalue weighted by Crippen LogP contribution is -2.53. The molecule has 11 heteroatoms. The predicted molar refractivity (Wildman–Crippen MR) is 234 cm³/mol. The zero-order valence-electron chi connectivity index (χ0n) is 33.1. The van der Waals surface area contributed by atoms with Crippen LogP contribution in [0.5, 0.6) is 5.75 Å². The summed E-state index contributed by atoms with van der Waals surface area (Å²) >= 11 is 1.32. The summed E-state index contributed by atoms with van der Waals surface area (Å²) in [6.07, 6.45) is 5.51. The van der Waals surface area contributed by atoms with Crippen LogP contribution < -0.4 is 15.4 Å². The first-order chi connectivity index (χ1) is 29.9. The second-order valence-electron chi connectivity index (χ2n) is 15.8. The fourth-order valence-electron chi connectivity index (χ4n) is 9.82. The number of nitrogens with zero attached hydrogens (tertiary/aromatic N) is 2. The van der Waals surface area contributed by atoms with E-state index in [1.54, 1.807) is 6.07 Å². The third-order valence-corrected chi connectivity index (χ3v) is 13.3. The second kappa shape index (κ2) is 16.1. The third kappa shape index (κ3) is 6.77. The molecule has 6 aromatic rings. The summed E-state index contributed by atoms with van der Waals surface area (Å²) in [6, 6.07) is 37.2. The highest BCUT2D eigenvalue weighted by Gasteiger charge is 2.74. The van der Waals surface area contributed by atoms with Crippen molar-refractivity contribution < 1.29 is 29.0 Å². The van der Waals surface area contributed by atoms with Crippen LogP contribution in [-0.2, 0) is 24.5 Å². The molecule has 0 bridgehead atoms. The van der Waals surface area contributed by atoms with Gasteiger partial charge in [0, 0.05) is 11.3 Å². The second-order valence-corrected chi connectivity index (χ2v) is 16.9. The van der Waals surface area contributed by atoms with Gasteiger partial charge in [0.05, 0.1) is 34.8 Å². The van der Waals surface area contributed by atoms with Crippen molar-refractivity contribution in [1.82, 2.24) is 9.88 Å². The SMILES string of the molecule is O=C1O[C@H](c2ccccc2)[C@H](c2ccccc2)N2[C@H]1[C@@H](C(=O)Nc1nc3ccccc3s1)[C@]1(C(=O)Nc3ccc(C#CC4=CCCCC4)cc31)[C@H]2c1cccc(OCCO)c1. The van der Waals surface area contributed by atoms with Crippen LogP contribution in [-0.4, -0.2) is 52.0 Å². The van der Waals surface area contributed by atoms with Gasteiger partial charge in [0.15, 0.2) is 5.13 Å². The van der Waals surface area contributed by atoms with Gasteiger partial charge < -0.3 is 25.2 Å². The number of cyclic esters (lactones) is 1. The van der Waals surface area contributed by atoms with Crippen LogP contribution in [0.4, 0.5) is 10.8 Å². The van der Waals surface area contributed by atoms with Crippen molar-refractivity contribution in [2.45, 2.75) is 55.3 Å². The molecule has 0 radical (unpaired) electrons. The average molecular weight is 827 g/mol. The number of aliphatic hydroxyl groups excluding tert-OH is 1. The Balaban J connectivity index is 1.24. The molecule has 0 unspecified atom stereocenters. The van der Waals surface area contributed by atoms with E-state index < -0.39 is 53.3 Å². The molecule has 1 aliphatic carbocycles. The summed E-state index contributed by atoms with van der Waals surface area (Å²) in [5, 5.41) is 16.3. The maximum absolute atomic E-state index is 15.6. The van der Waals surface area contributed by atoms with Gasteiger partial charge in [-0.1, -0.05) is 114 Å². The number of esters is 1. The zero-order valence-corrected chi connectivity index (χ0v) is 33.9. The van der Waals surface area contributed by atoms with Gasteiger partial charge in [0.1, 0.15) is 29.9 Å². The lowest BCUT2D eigenvalue weighted by atomic mass is 9.65. The molecule has 2 fully saturated rings. The number of benzene rings is 5. The Morgan fingerprint density at radius 3 is 2.43 bits per heavy atom. The molecule has 3 aliphatic heterocycles. The summed E-state index contributed by atoms with van der Waals surface area (Å²) < 4.78 is 13.4. The van der Waals surface area contributed by atoms with Crippen LogP contribution in [0, 0.1) is 17.8 Å². The molecular weight excluding hydrogens is 785 g/mol. The lowest BCUT2D eigenvalue weighted by Gasteiger charge is -2.46. The Labute approximate surface area is 357 Å². The standard InChI is InChI=1S/C50H42N4O6S/c55-27-28-59-36-20-12-19-35(30-36)45-50(37-29-32(25-26-38(37)51-48(50)58)24-23-31-13-4-1-5-14-31)41(46(56)53-49-52-39-21-10-11-22-40(39)61-49)43-47(57)60-44(34-17-8-3-9-18-34)42(54(43)45)33-15-6-2-7-16-33/h2-3,6-13,15-22,25-26,29-30,41-45,55H,1,4-5,14,27-28H2,(H,51,58)(H,52,53,56)/t41-,42-,43-,44+,45+,50-/m0/s1. The third-order valence-electron chi connectivity index (χ3n) is 12.3.